The average molecular weight is 244 g/mol. The van der Waals surface area contributed by atoms with Gasteiger partial charge in [0.2, 0.25) is 5.95 Å². The molecule has 0 unspecified atom stereocenters. The average Bonchev–Trinajstić information content (AvgIpc) is 3.17. The van der Waals surface area contributed by atoms with Gasteiger partial charge < -0.3 is 14.8 Å². The quantitative estimate of drug-likeness (QED) is 0.874. The van der Waals surface area contributed by atoms with Gasteiger partial charge in [-0.1, -0.05) is 12.1 Å². The summed E-state index contributed by atoms with van der Waals surface area (Å²) in [5.41, 5.74) is 2.23. The lowest BCUT2D eigenvalue weighted by Gasteiger charge is -2.15. The van der Waals surface area contributed by atoms with Gasteiger partial charge in [0.15, 0.2) is 0 Å². The van der Waals surface area contributed by atoms with Gasteiger partial charge >= 0.3 is 0 Å². The summed E-state index contributed by atoms with van der Waals surface area (Å²) >= 11 is 0. The largest absolute Gasteiger partial charge is 0.354 e. The van der Waals surface area contributed by atoms with Gasteiger partial charge in [-0.15, -0.1) is 0 Å². The number of para-hydroxylation sites is 2. The van der Waals surface area contributed by atoms with Crippen molar-refractivity contribution in [1.29, 1.82) is 0 Å². The molecule has 3 rings (SSSR count). The molecule has 4 heteroatoms. The number of imidazole rings is 1. The Kier molecular flexibility index (Phi) is 2.96. The number of rotatable bonds is 5. The predicted octanol–water partition coefficient (Wildman–Crippen LogP) is 2.08. The second kappa shape index (κ2) is 4.61. The normalized spacial score (nSPS) is 15.5. The van der Waals surface area contributed by atoms with Crippen LogP contribution in [0.3, 0.4) is 0 Å². The topological polar surface area (TPSA) is 33.1 Å². The second-order valence-corrected chi connectivity index (χ2v) is 5.12. The van der Waals surface area contributed by atoms with Crippen molar-refractivity contribution in [2.75, 3.05) is 25.5 Å². The van der Waals surface area contributed by atoms with Crippen molar-refractivity contribution in [3.05, 3.63) is 24.3 Å². The third-order valence-corrected chi connectivity index (χ3v) is 3.70. The van der Waals surface area contributed by atoms with Crippen LogP contribution < -0.4 is 5.32 Å². The van der Waals surface area contributed by atoms with Crippen LogP contribution in [0.1, 0.15) is 12.8 Å². The van der Waals surface area contributed by atoms with E-state index in [1.54, 1.807) is 0 Å². The van der Waals surface area contributed by atoms with Gasteiger partial charge in [-0.3, -0.25) is 0 Å². The fraction of sp³-hybridized carbons (Fsp3) is 0.500. The predicted molar refractivity (Wildman–Crippen MR) is 74.9 cm³/mol. The summed E-state index contributed by atoms with van der Waals surface area (Å²) < 4.78 is 2.12. The number of nitrogens with one attached hydrogen (secondary N) is 1. The van der Waals surface area contributed by atoms with Crippen molar-refractivity contribution in [3.8, 4) is 0 Å². The molecule has 0 spiro atoms. The maximum atomic E-state index is 4.60. The van der Waals surface area contributed by atoms with Gasteiger partial charge in [0.25, 0.3) is 0 Å². The summed E-state index contributed by atoms with van der Waals surface area (Å²) in [5, 5.41) is 3.43. The van der Waals surface area contributed by atoms with Crippen LogP contribution in [0, 0.1) is 0 Å². The highest BCUT2D eigenvalue weighted by atomic mass is 15.2. The standard InChI is InChI=1S/C14H20N4/c1-17(11-7-8-11)10-9-15-14-16-12-5-3-4-6-13(12)18(14)2/h3-6,11H,7-10H2,1-2H3,(H,15,16). The zero-order valence-electron chi connectivity index (χ0n) is 11.1. The highest BCUT2D eigenvalue weighted by Crippen LogP contribution is 2.24. The Balaban J connectivity index is 1.65. The van der Waals surface area contributed by atoms with Gasteiger partial charge in [0.1, 0.15) is 0 Å². The summed E-state index contributed by atoms with van der Waals surface area (Å²) in [4.78, 5) is 7.03. The monoisotopic (exact) mass is 244 g/mol. The molecule has 0 saturated heterocycles. The van der Waals surface area contributed by atoms with Crippen LogP contribution in [0.25, 0.3) is 11.0 Å². The van der Waals surface area contributed by atoms with Crippen molar-refractivity contribution in [2.24, 2.45) is 7.05 Å². The minimum atomic E-state index is 0.826. The van der Waals surface area contributed by atoms with Crippen LogP contribution in [-0.4, -0.2) is 40.6 Å². The molecule has 1 fully saturated rings. The molecule has 0 aliphatic heterocycles. The molecule has 1 aliphatic rings. The number of hydrogen-bond acceptors (Lipinski definition) is 3. The number of aromatic nitrogens is 2. The fourth-order valence-electron chi connectivity index (χ4n) is 2.35. The molecule has 2 aromatic rings. The Morgan fingerprint density at radius 1 is 1.39 bits per heavy atom. The van der Waals surface area contributed by atoms with Crippen LogP contribution in [0.15, 0.2) is 24.3 Å². The van der Waals surface area contributed by atoms with Crippen LogP contribution in [-0.2, 0) is 7.05 Å². The first-order valence-corrected chi connectivity index (χ1v) is 6.61. The van der Waals surface area contributed by atoms with Crippen LogP contribution in [0.4, 0.5) is 5.95 Å². The number of nitrogens with zero attached hydrogens (tertiary/aromatic N) is 3. The molecule has 0 atom stereocenters. The number of aryl methyl sites for hydroxylation is 1. The first kappa shape index (κ1) is 11.5. The van der Waals surface area contributed by atoms with Gasteiger partial charge in [-0.05, 0) is 32.0 Å². The lowest BCUT2D eigenvalue weighted by Crippen LogP contribution is -2.27. The van der Waals surface area contributed by atoms with Gasteiger partial charge in [0.05, 0.1) is 11.0 Å². The molecule has 1 aliphatic carbocycles. The van der Waals surface area contributed by atoms with Crippen molar-refractivity contribution < 1.29 is 0 Å². The Bertz CT molecular complexity index is 542. The van der Waals surface area contributed by atoms with E-state index in [0.717, 1.165) is 30.6 Å². The van der Waals surface area contributed by atoms with Crippen molar-refractivity contribution in [2.45, 2.75) is 18.9 Å². The van der Waals surface area contributed by atoms with Crippen LogP contribution in [0.5, 0.6) is 0 Å². The third kappa shape index (κ3) is 2.20. The smallest absolute Gasteiger partial charge is 0.203 e. The highest BCUT2D eigenvalue weighted by Gasteiger charge is 2.25. The fourth-order valence-corrected chi connectivity index (χ4v) is 2.35. The molecule has 1 aromatic carbocycles. The summed E-state index contributed by atoms with van der Waals surface area (Å²) in [6.45, 7) is 2.03. The molecule has 0 amide bonds. The highest BCUT2D eigenvalue weighted by molar-refractivity contribution is 5.78. The number of hydrogen-bond donors (Lipinski definition) is 1. The number of fused-ring (bicyclic) bond motifs is 1. The molecule has 1 saturated carbocycles. The zero-order chi connectivity index (χ0) is 12.5. The van der Waals surface area contributed by atoms with Gasteiger partial charge in [0, 0.05) is 26.2 Å². The van der Waals surface area contributed by atoms with Crippen LogP contribution in [0.2, 0.25) is 0 Å². The lowest BCUT2D eigenvalue weighted by atomic mass is 10.3. The van der Waals surface area contributed by atoms with E-state index in [2.05, 4.69) is 52.1 Å². The SMILES string of the molecule is CN(CCNc1nc2ccccc2n1C)C1CC1. The maximum absolute atomic E-state index is 4.60. The van der Waals surface area contributed by atoms with E-state index < -0.39 is 0 Å². The van der Waals surface area contributed by atoms with Gasteiger partial charge in [-0.2, -0.15) is 0 Å². The first-order chi connectivity index (χ1) is 8.75. The Morgan fingerprint density at radius 3 is 2.89 bits per heavy atom. The molecule has 1 N–H and O–H groups in total. The molecule has 0 radical (unpaired) electrons. The number of anilines is 1. The summed E-state index contributed by atoms with van der Waals surface area (Å²) in [5.74, 6) is 0.959. The zero-order valence-corrected chi connectivity index (χ0v) is 11.1. The minimum absolute atomic E-state index is 0.826. The van der Waals surface area contributed by atoms with E-state index in [9.17, 15) is 0 Å². The summed E-state index contributed by atoms with van der Waals surface area (Å²) in [7, 11) is 4.26. The van der Waals surface area contributed by atoms with E-state index >= 15 is 0 Å². The Hall–Kier alpha value is -1.55. The molecule has 1 aromatic heterocycles. The molecular formula is C14H20N4. The molecule has 0 bridgehead atoms. The minimum Gasteiger partial charge on any atom is -0.354 e. The molecule has 18 heavy (non-hydrogen) atoms. The maximum Gasteiger partial charge on any atom is 0.203 e. The second-order valence-electron chi connectivity index (χ2n) is 5.12. The summed E-state index contributed by atoms with van der Waals surface area (Å²) in [6, 6.07) is 9.06. The van der Waals surface area contributed by atoms with Crippen LogP contribution >= 0.6 is 0 Å². The molecule has 1 heterocycles. The summed E-state index contributed by atoms with van der Waals surface area (Å²) in [6.07, 6.45) is 2.73. The van der Waals surface area contributed by atoms with Crippen molar-refractivity contribution >= 4 is 17.0 Å². The van der Waals surface area contributed by atoms with E-state index in [1.165, 1.54) is 18.4 Å². The van der Waals surface area contributed by atoms with Gasteiger partial charge in [-0.25, -0.2) is 4.98 Å². The first-order valence-electron chi connectivity index (χ1n) is 6.61. The third-order valence-electron chi connectivity index (χ3n) is 3.70. The number of likely N-dealkylation sites (N-methyl/N-ethyl adjacent to an activating group) is 1. The van der Waals surface area contributed by atoms with E-state index in [4.69, 9.17) is 0 Å². The molecular weight excluding hydrogens is 224 g/mol. The van der Waals surface area contributed by atoms with E-state index in [-0.39, 0.29) is 0 Å². The Labute approximate surface area is 108 Å². The number of benzene rings is 1. The van der Waals surface area contributed by atoms with E-state index in [1.807, 2.05) is 6.07 Å². The molecule has 96 valence electrons. The van der Waals surface area contributed by atoms with Crippen molar-refractivity contribution in [1.82, 2.24) is 14.5 Å². The van der Waals surface area contributed by atoms with E-state index in [0.29, 0.717) is 0 Å². The lowest BCUT2D eigenvalue weighted by molar-refractivity contribution is 0.337. The van der Waals surface area contributed by atoms with Crippen molar-refractivity contribution in [3.63, 3.8) is 0 Å². The Morgan fingerprint density at radius 2 is 2.17 bits per heavy atom. The molecule has 4 nitrogen and oxygen atoms in total.